The van der Waals surface area contributed by atoms with Crippen molar-refractivity contribution < 1.29 is 14.3 Å². The number of carbonyl (C=O) groups is 2. The molecule has 2 rings (SSSR count). The van der Waals surface area contributed by atoms with Gasteiger partial charge in [0.1, 0.15) is 11.6 Å². The van der Waals surface area contributed by atoms with Crippen molar-refractivity contribution in [1.29, 1.82) is 0 Å². The fourth-order valence-corrected chi connectivity index (χ4v) is 2.71. The summed E-state index contributed by atoms with van der Waals surface area (Å²) in [6, 6.07) is 9.75. The predicted octanol–water partition coefficient (Wildman–Crippen LogP) is 2.86. The molecule has 4 heteroatoms. The molecule has 0 radical (unpaired) electrons. The lowest BCUT2D eigenvalue weighted by Crippen LogP contribution is -2.38. The smallest absolute Gasteiger partial charge is 0.329 e. The lowest BCUT2D eigenvalue weighted by Gasteiger charge is -2.21. The summed E-state index contributed by atoms with van der Waals surface area (Å²) in [5, 5.41) is 2.76. The van der Waals surface area contributed by atoms with E-state index in [9.17, 15) is 9.59 Å². The molecule has 2 atom stereocenters. The average molecular weight is 303 g/mol. The van der Waals surface area contributed by atoms with E-state index in [0.717, 1.165) is 19.3 Å². The first-order chi connectivity index (χ1) is 10.3. The van der Waals surface area contributed by atoms with Gasteiger partial charge in [0.05, 0.1) is 0 Å². The Morgan fingerprint density at radius 1 is 1.27 bits per heavy atom. The summed E-state index contributed by atoms with van der Waals surface area (Å²) in [6.45, 7) is 5.50. The molecule has 1 saturated heterocycles. The third-order valence-electron chi connectivity index (χ3n) is 3.76. The molecule has 1 heterocycles. The van der Waals surface area contributed by atoms with Crippen LogP contribution in [0.1, 0.15) is 45.6 Å². The average Bonchev–Trinajstić information content (AvgIpc) is 2.80. The fourth-order valence-electron chi connectivity index (χ4n) is 2.71. The Hall–Kier alpha value is -1.84. The first kappa shape index (κ1) is 16.5. The summed E-state index contributed by atoms with van der Waals surface area (Å²) in [6.07, 6.45) is 3.26. The van der Waals surface area contributed by atoms with Crippen molar-refractivity contribution in [2.75, 3.05) is 0 Å². The molecular weight excluding hydrogens is 278 g/mol. The van der Waals surface area contributed by atoms with Gasteiger partial charge in [-0.05, 0) is 52.0 Å². The molecule has 1 aliphatic heterocycles. The van der Waals surface area contributed by atoms with E-state index >= 15 is 0 Å². The Balaban J connectivity index is 1.79. The van der Waals surface area contributed by atoms with Gasteiger partial charge in [-0.1, -0.05) is 30.3 Å². The van der Waals surface area contributed by atoms with Crippen molar-refractivity contribution in [2.45, 2.75) is 58.1 Å². The second-order valence-electron chi connectivity index (χ2n) is 6.91. The number of hydrogen-bond donors (Lipinski definition) is 1. The van der Waals surface area contributed by atoms with Gasteiger partial charge in [0.15, 0.2) is 0 Å². The van der Waals surface area contributed by atoms with E-state index in [1.807, 2.05) is 39.0 Å². The highest BCUT2D eigenvalue weighted by Crippen LogP contribution is 2.23. The van der Waals surface area contributed by atoms with E-state index in [0.29, 0.717) is 6.42 Å². The maximum absolute atomic E-state index is 12.0. The zero-order valence-electron chi connectivity index (χ0n) is 13.6. The molecule has 0 saturated carbocycles. The van der Waals surface area contributed by atoms with Crippen molar-refractivity contribution in [3.05, 3.63) is 35.9 Å². The molecule has 0 spiro atoms. The summed E-state index contributed by atoms with van der Waals surface area (Å²) in [5.74, 6) is -0.434. The molecule has 4 nitrogen and oxygen atoms in total. The van der Waals surface area contributed by atoms with Crippen LogP contribution in [0, 0.1) is 5.92 Å². The SMILES string of the molecule is CC(C)(C)OC(=O)[C@@H]1C[C@@H](CCCc2ccccc2)C(=O)N1. The Kier molecular flexibility index (Phi) is 5.22. The molecule has 1 aromatic rings. The second kappa shape index (κ2) is 6.95. The van der Waals surface area contributed by atoms with Crippen molar-refractivity contribution in [2.24, 2.45) is 5.92 Å². The molecule has 22 heavy (non-hydrogen) atoms. The number of hydrogen-bond acceptors (Lipinski definition) is 3. The quantitative estimate of drug-likeness (QED) is 0.851. The van der Waals surface area contributed by atoms with Gasteiger partial charge in [-0.2, -0.15) is 0 Å². The standard InChI is InChI=1S/C18H25NO3/c1-18(2,3)22-17(21)15-12-14(16(20)19-15)11-7-10-13-8-5-4-6-9-13/h4-6,8-9,14-15H,7,10-12H2,1-3H3,(H,19,20)/t14-,15+/m1/s1. The van der Waals surface area contributed by atoms with E-state index in [1.54, 1.807) is 0 Å². The Morgan fingerprint density at radius 2 is 1.95 bits per heavy atom. The minimum absolute atomic E-state index is 0.0241. The maximum atomic E-state index is 12.0. The van der Waals surface area contributed by atoms with Gasteiger partial charge < -0.3 is 10.1 Å². The number of carbonyl (C=O) groups excluding carboxylic acids is 2. The monoisotopic (exact) mass is 303 g/mol. The summed E-state index contributed by atoms with van der Waals surface area (Å²) in [4.78, 5) is 24.0. The molecule has 1 fully saturated rings. The van der Waals surface area contributed by atoms with Gasteiger partial charge in [-0.15, -0.1) is 0 Å². The van der Waals surface area contributed by atoms with Crippen LogP contribution in [-0.2, 0) is 20.7 Å². The number of esters is 1. The number of nitrogens with one attached hydrogen (secondary N) is 1. The van der Waals surface area contributed by atoms with Crippen LogP contribution in [-0.4, -0.2) is 23.5 Å². The zero-order valence-corrected chi connectivity index (χ0v) is 13.6. The Labute approximate surface area is 132 Å². The minimum Gasteiger partial charge on any atom is -0.458 e. The van der Waals surface area contributed by atoms with Gasteiger partial charge in [-0.3, -0.25) is 4.79 Å². The van der Waals surface area contributed by atoms with E-state index in [2.05, 4.69) is 17.4 Å². The van der Waals surface area contributed by atoms with Crippen LogP contribution in [0.5, 0.6) is 0 Å². The van der Waals surface area contributed by atoms with E-state index < -0.39 is 11.6 Å². The minimum atomic E-state index is -0.521. The van der Waals surface area contributed by atoms with Crippen LogP contribution in [0.4, 0.5) is 0 Å². The highest BCUT2D eigenvalue weighted by atomic mass is 16.6. The summed E-state index contributed by atoms with van der Waals surface area (Å²) in [7, 11) is 0. The molecule has 1 amide bonds. The summed E-state index contributed by atoms with van der Waals surface area (Å²) >= 11 is 0. The number of aryl methyl sites for hydroxylation is 1. The third-order valence-corrected chi connectivity index (χ3v) is 3.76. The first-order valence-corrected chi connectivity index (χ1v) is 7.92. The lowest BCUT2D eigenvalue weighted by atomic mass is 9.96. The fraction of sp³-hybridized carbons (Fsp3) is 0.556. The van der Waals surface area contributed by atoms with Crippen LogP contribution in [0.15, 0.2) is 30.3 Å². The Bertz CT molecular complexity index is 519. The van der Waals surface area contributed by atoms with Crippen molar-refractivity contribution >= 4 is 11.9 Å². The van der Waals surface area contributed by atoms with Gasteiger partial charge >= 0.3 is 5.97 Å². The molecule has 0 aliphatic carbocycles. The van der Waals surface area contributed by atoms with Crippen LogP contribution in [0.3, 0.4) is 0 Å². The number of benzene rings is 1. The molecule has 0 unspecified atom stereocenters. The number of rotatable bonds is 5. The van der Waals surface area contributed by atoms with E-state index in [4.69, 9.17) is 4.74 Å². The summed E-state index contributed by atoms with van der Waals surface area (Å²) < 4.78 is 5.34. The highest BCUT2D eigenvalue weighted by molar-refractivity contribution is 5.89. The molecule has 0 bridgehead atoms. The van der Waals surface area contributed by atoms with Gasteiger partial charge in [-0.25, -0.2) is 4.79 Å². The number of amides is 1. The third kappa shape index (κ3) is 4.86. The molecular formula is C18H25NO3. The van der Waals surface area contributed by atoms with Crippen LogP contribution >= 0.6 is 0 Å². The van der Waals surface area contributed by atoms with E-state index in [-0.39, 0.29) is 17.8 Å². The molecule has 1 aromatic carbocycles. The molecule has 1 aliphatic rings. The largest absolute Gasteiger partial charge is 0.458 e. The van der Waals surface area contributed by atoms with Gasteiger partial charge in [0, 0.05) is 5.92 Å². The van der Waals surface area contributed by atoms with Crippen LogP contribution in [0.2, 0.25) is 0 Å². The van der Waals surface area contributed by atoms with Crippen molar-refractivity contribution in [1.82, 2.24) is 5.32 Å². The van der Waals surface area contributed by atoms with Gasteiger partial charge in [0.2, 0.25) is 5.91 Å². The van der Waals surface area contributed by atoms with Crippen LogP contribution in [0.25, 0.3) is 0 Å². The van der Waals surface area contributed by atoms with E-state index in [1.165, 1.54) is 5.56 Å². The highest BCUT2D eigenvalue weighted by Gasteiger charge is 2.37. The normalized spacial score (nSPS) is 21.5. The lowest BCUT2D eigenvalue weighted by molar-refractivity contribution is -0.157. The Morgan fingerprint density at radius 3 is 2.59 bits per heavy atom. The molecule has 1 N–H and O–H groups in total. The topological polar surface area (TPSA) is 55.4 Å². The first-order valence-electron chi connectivity index (χ1n) is 7.92. The maximum Gasteiger partial charge on any atom is 0.329 e. The van der Waals surface area contributed by atoms with Crippen LogP contribution < -0.4 is 5.32 Å². The molecule has 0 aromatic heterocycles. The van der Waals surface area contributed by atoms with Gasteiger partial charge in [0.25, 0.3) is 0 Å². The zero-order chi connectivity index (χ0) is 16.2. The summed E-state index contributed by atoms with van der Waals surface area (Å²) in [5.41, 5.74) is 0.761. The van der Waals surface area contributed by atoms with Crippen molar-refractivity contribution in [3.63, 3.8) is 0 Å². The second-order valence-corrected chi connectivity index (χ2v) is 6.91. The number of ether oxygens (including phenoxy) is 1. The predicted molar refractivity (Wildman–Crippen MR) is 85.3 cm³/mol. The van der Waals surface area contributed by atoms with Crippen molar-refractivity contribution in [3.8, 4) is 0 Å². The molecule has 120 valence electrons.